The Bertz CT molecular complexity index is 591. The smallest absolute Gasteiger partial charge is 0.211 e. The maximum Gasteiger partial charge on any atom is 0.211 e. The quantitative estimate of drug-likeness (QED) is 0.223. The maximum absolute atomic E-state index is 11.6. The minimum absolute atomic E-state index is 0. The standard InChI is InChI=1S/C16H30N4O2S2.HI/c1-5-17-16(19-13-14(3)15-9-7-12-23-15)18-10-8-11-20(6-2)24(4,21)22;/h7,9,12,14H,5-6,8,10-11,13H2,1-4H3,(H2,17,18,19);1H. The molecule has 0 fully saturated rings. The Kier molecular flexibility index (Phi) is 12.7. The fraction of sp³-hybridized carbons (Fsp3) is 0.688. The monoisotopic (exact) mass is 502 g/mol. The van der Waals surface area contributed by atoms with Crippen LogP contribution in [0.2, 0.25) is 0 Å². The molecule has 0 bridgehead atoms. The van der Waals surface area contributed by atoms with Gasteiger partial charge in [0, 0.05) is 37.0 Å². The highest BCUT2D eigenvalue weighted by Gasteiger charge is 2.13. The van der Waals surface area contributed by atoms with Crippen LogP contribution in [-0.4, -0.2) is 57.7 Å². The van der Waals surface area contributed by atoms with E-state index in [1.807, 2.05) is 13.8 Å². The van der Waals surface area contributed by atoms with E-state index < -0.39 is 10.0 Å². The van der Waals surface area contributed by atoms with E-state index in [0.29, 0.717) is 25.6 Å². The molecule has 1 heterocycles. The van der Waals surface area contributed by atoms with E-state index in [4.69, 9.17) is 0 Å². The van der Waals surface area contributed by atoms with Crippen molar-refractivity contribution in [3.05, 3.63) is 22.4 Å². The molecular formula is C16H31IN4O2S2. The zero-order chi connectivity index (χ0) is 18.0. The van der Waals surface area contributed by atoms with Crippen molar-refractivity contribution in [2.75, 3.05) is 39.0 Å². The molecule has 0 spiro atoms. The van der Waals surface area contributed by atoms with Crippen LogP contribution < -0.4 is 10.6 Å². The van der Waals surface area contributed by atoms with Gasteiger partial charge in [-0.2, -0.15) is 0 Å². The molecule has 0 saturated carbocycles. The Morgan fingerprint density at radius 1 is 1.36 bits per heavy atom. The summed E-state index contributed by atoms with van der Waals surface area (Å²) in [5.74, 6) is 1.17. The Morgan fingerprint density at radius 3 is 2.60 bits per heavy atom. The van der Waals surface area contributed by atoms with E-state index in [9.17, 15) is 8.42 Å². The van der Waals surface area contributed by atoms with Crippen molar-refractivity contribution in [2.24, 2.45) is 4.99 Å². The highest BCUT2D eigenvalue weighted by atomic mass is 127. The molecule has 0 aromatic carbocycles. The molecule has 2 N–H and O–H groups in total. The van der Waals surface area contributed by atoms with Crippen molar-refractivity contribution >= 4 is 51.3 Å². The summed E-state index contributed by atoms with van der Waals surface area (Å²) in [5, 5.41) is 8.58. The number of halogens is 1. The van der Waals surface area contributed by atoms with Crippen LogP contribution >= 0.6 is 35.3 Å². The average molecular weight is 502 g/mol. The third-order valence-corrected chi connectivity index (χ3v) is 6.08. The van der Waals surface area contributed by atoms with Gasteiger partial charge in [-0.15, -0.1) is 35.3 Å². The molecule has 1 unspecified atom stereocenters. The lowest BCUT2D eigenvalue weighted by Gasteiger charge is -2.18. The Morgan fingerprint density at radius 2 is 2.08 bits per heavy atom. The molecule has 0 amide bonds. The number of aliphatic imine (C=N–C) groups is 1. The van der Waals surface area contributed by atoms with Gasteiger partial charge in [-0.3, -0.25) is 4.99 Å². The third kappa shape index (κ3) is 9.76. The van der Waals surface area contributed by atoms with Gasteiger partial charge in [-0.25, -0.2) is 12.7 Å². The number of guanidine groups is 1. The van der Waals surface area contributed by atoms with Gasteiger partial charge in [-0.1, -0.05) is 19.9 Å². The minimum Gasteiger partial charge on any atom is -0.357 e. The van der Waals surface area contributed by atoms with Gasteiger partial charge < -0.3 is 10.6 Å². The number of sulfonamides is 1. The fourth-order valence-corrected chi connectivity index (χ4v) is 3.96. The number of rotatable bonds is 10. The SMILES string of the molecule is CCNC(=NCC(C)c1cccs1)NCCCN(CC)S(C)(=O)=O.I. The van der Waals surface area contributed by atoms with E-state index in [2.05, 4.69) is 40.1 Å². The van der Waals surface area contributed by atoms with E-state index in [1.165, 1.54) is 15.4 Å². The Hall–Kier alpha value is -0.390. The van der Waals surface area contributed by atoms with Crippen molar-refractivity contribution in [3.8, 4) is 0 Å². The Labute approximate surface area is 173 Å². The highest BCUT2D eigenvalue weighted by Crippen LogP contribution is 2.20. The van der Waals surface area contributed by atoms with Gasteiger partial charge in [0.1, 0.15) is 0 Å². The molecule has 6 nitrogen and oxygen atoms in total. The topological polar surface area (TPSA) is 73.8 Å². The first kappa shape index (κ1) is 24.6. The van der Waals surface area contributed by atoms with Crippen LogP contribution in [0.1, 0.15) is 38.0 Å². The van der Waals surface area contributed by atoms with Crippen LogP contribution in [0.15, 0.2) is 22.5 Å². The molecule has 0 saturated heterocycles. The second kappa shape index (κ2) is 12.9. The van der Waals surface area contributed by atoms with Crippen LogP contribution in [0.5, 0.6) is 0 Å². The predicted octanol–water partition coefficient (Wildman–Crippen LogP) is 2.70. The van der Waals surface area contributed by atoms with Crippen LogP contribution in [0.4, 0.5) is 0 Å². The molecule has 1 aromatic heterocycles. The van der Waals surface area contributed by atoms with Crippen molar-refractivity contribution in [1.82, 2.24) is 14.9 Å². The first-order valence-electron chi connectivity index (χ1n) is 8.39. The van der Waals surface area contributed by atoms with Crippen LogP contribution in [0, 0.1) is 0 Å². The number of hydrogen-bond donors (Lipinski definition) is 2. The molecule has 1 atom stereocenters. The van der Waals surface area contributed by atoms with Crippen LogP contribution in [0.25, 0.3) is 0 Å². The average Bonchev–Trinajstić information content (AvgIpc) is 3.05. The van der Waals surface area contributed by atoms with Crippen molar-refractivity contribution < 1.29 is 8.42 Å². The molecule has 0 aliphatic rings. The van der Waals surface area contributed by atoms with Gasteiger partial charge in [0.15, 0.2) is 5.96 Å². The molecule has 1 rings (SSSR count). The summed E-state index contributed by atoms with van der Waals surface area (Å²) in [6, 6.07) is 4.20. The van der Waals surface area contributed by atoms with E-state index >= 15 is 0 Å². The lowest BCUT2D eigenvalue weighted by molar-refractivity contribution is 0.424. The van der Waals surface area contributed by atoms with Crippen molar-refractivity contribution in [1.29, 1.82) is 0 Å². The highest BCUT2D eigenvalue weighted by molar-refractivity contribution is 14.0. The normalized spacial score (nSPS) is 13.4. The van der Waals surface area contributed by atoms with Crippen molar-refractivity contribution in [3.63, 3.8) is 0 Å². The molecule has 25 heavy (non-hydrogen) atoms. The largest absolute Gasteiger partial charge is 0.357 e. The Balaban J connectivity index is 0.00000576. The zero-order valence-electron chi connectivity index (χ0n) is 15.5. The second-order valence-electron chi connectivity index (χ2n) is 5.67. The van der Waals surface area contributed by atoms with E-state index in [0.717, 1.165) is 25.5 Å². The summed E-state index contributed by atoms with van der Waals surface area (Å²) < 4.78 is 24.6. The second-order valence-corrected chi connectivity index (χ2v) is 8.63. The number of hydrogen-bond acceptors (Lipinski definition) is 4. The first-order chi connectivity index (χ1) is 11.4. The lowest BCUT2D eigenvalue weighted by atomic mass is 10.1. The fourth-order valence-electron chi connectivity index (χ4n) is 2.25. The summed E-state index contributed by atoms with van der Waals surface area (Å²) in [4.78, 5) is 5.96. The maximum atomic E-state index is 11.6. The zero-order valence-corrected chi connectivity index (χ0v) is 19.5. The van der Waals surface area contributed by atoms with Gasteiger partial charge in [-0.05, 0) is 24.8 Å². The van der Waals surface area contributed by atoms with Crippen LogP contribution in [-0.2, 0) is 10.0 Å². The van der Waals surface area contributed by atoms with E-state index in [-0.39, 0.29) is 24.0 Å². The summed E-state index contributed by atoms with van der Waals surface area (Å²) in [6.45, 7) is 9.28. The summed E-state index contributed by atoms with van der Waals surface area (Å²) in [7, 11) is -3.11. The van der Waals surface area contributed by atoms with Gasteiger partial charge in [0.05, 0.1) is 12.8 Å². The molecule has 1 aromatic rings. The van der Waals surface area contributed by atoms with Gasteiger partial charge in [0.25, 0.3) is 0 Å². The molecule has 9 heteroatoms. The lowest BCUT2D eigenvalue weighted by Crippen LogP contribution is -2.39. The number of thiophene rings is 1. The molecule has 0 aliphatic heterocycles. The minimum atomic E-state index is -3.11. The van der Waals surface area contributed by atoms with Gasteiger partial charge >= 0.3 is 0 Å². The molecule has 0 aliphatic carbocycles. The first-order valence-corrected chi connectivity index (χ1v) is 11.1. The molecule has 146 valence electrons. The van der Waals surface area contributed by atoms with Crippen molar-refractivity contribution in [2.45, 2.75) is 33.1 Å². The number of nitrogens with one attached hydrogen (secondary N) is 2. The predicted molar refractivity (Wildman–Crippen MR) is 119 cm³/mol. The third-order valence-electron chi connectivity index (χ3n) is 3.59. The van der Waals surface area contributed by atoms with Crippen LogP contribution in [0.3, 0.4) is 0 Å². The summed E-state index contributed by atoms with van der Waals surface area (Å²) >= 11 is 1.75. The van der Waals surface area contributed by atoms with E-state index in [1.54, 1.807) is 11.3 Å². The number of nitrogens with zero attached hydrogens (tertiary/aromatic N) is 2. The molecular weight excluding hydrogens is 471 g/mol. The summed E-state index contributed by atoms with van der Waals surface area (Å²) in [5.41, 5.74) is 0. The van der Waals surface area contributed by atoms with Gasteiger partial charge in [0.2, 0.25) is 10.0 Å². The summed E-state index contributed by atoms with van der Waals surface area (Å²) in [6.07, 6.45) is 1.99. The molecule has 0 radical (unpaired) electrons.